The molecule has 3 aromatic rings. The van der Waals surface area contributed by atoms with Crippen molar-refractivity contribution in [3.63, 3.8) is 0 Å². The van der Waals surface area contributed by atoms with Crippen molar-refractivity contribution in [1.82, 2.24) is 20.6 Å². The van der Waals surface area contributed by atoms with Gasteiger partial charge in [-0.15, -0.1) is 0 Å². The van der Waals surface area contributed by atoms with Crippen LogP contribution >= 0.6 is 0 Å². The summed E-state index contributed by atoms with van der Waals surface area (Å²) >= 11 is 0. The van der Waals surface area contributed by atoms with Crippen molar-refractivity contribution in [2.24, 2.45) is 0 Å². The number of carbonyl (C=O) groups excluding carboxylic acids is 1. The second-order valence-electron chi connectivity index (χ2n) is 5.45. The van der Waals surface area contributed by atoms with Gasteiger partial charge in [-0.2, -0.15) is 5.21 Å². The molecule has 0 fully saturated rings. The molecule has 122 valence electrons. The van der Waals surface area contributed by atoms with Crippen molar-refractivity contribution in [2.45, 2.75) is 19.3 Å². The van der Waals surface area contributed by atoms with Gasteiger partial charge < -0.3 is 10.4 Å². The molecule has 0 unspecified atom stereocenters. The molecule has 0 saturated carbocycles. The average Bonchev–Trinajstić information content (AvgIpc) is 3.10. The van der Waals surface area contributed by atoms with Crippen molar-refractivity contribution < 1.29 is 9.18 Å². The number of benzene rings is 2. The Labute approximate surface area is 138 Å². The number of nitrogens with one attached hydrogen (secondary N) is 1. The number of aryl methyl sites for hydroxylation is 1. The fraction of sp³-hybridized carbons (Fsp3) is 0.176. The van der Waals surface area contributed by atoms with Gasteiger partial charge in [-0.05, 0) is 31.0 Å². The van der Waals surface area contributed by atoms with E-state index >= 15 is 0 Å². The van der Waals surface area contributed by atoms with E-state index in [1.54, 1.807) is 12.1 Å². The summed E-state index contributed by atoms with van der Waals surface area (Å²) in [5, 5.41) is 17.0. The molecule has 0 aliphatic heterocycles. The predicted octanol–water partition coefficient (Wildman–Crippen LogP) is 2.24. The van der Waals surface area contributed by atoms with E-state index in [2.05, 4.69) is 25.9 Å². The minimum atomic E-state index is -0.706. The van der Waals surface area contributed by atoms with E-state index in [4.69, 9.17) is 0 Å². The van der Waals surface area contributed by atoms with Gasteiger partial charge in [-0.25, -0.2) is 4.39 Å². The van der Waals surface area contributed by atoms with E-state index in [0.29, 0.717) is 6.42 Å². The molecule has 3 rings (SSSR count). The quantitative estimate of drug-likeness (QED) is 0.778. The highest BCUT2D eigenvalue weighted by Gasteiger charge is 2.22. The first-order chi connectivity index (χ1) is 11.6. The Kier molecular flexibility index (Phi) is 4.60. The monoisotopic (exact) mass is 324 g/mol. The molecule has 1 aromatic heterocycles. The number of carbonyl (C=O) groups is 1. The topological polar surface area (TPSA) is 81.9 Å². The van der Waals surface area contributed by atoms with Gasteiger partial charge in [-0.3, -0.25) is 15.1 Å². The van der Waals surface area contributed by atoms with Crippen LogP contribution in [-0.4, -0.2) is 21.4 Å². The van der Waals surface area contributed by atoms with Crippen LogP contribution in [0.25, 0.3) is 0 Å². The molecule has 7 heteroatoms. The van der Waals surface area contributed by atoms with E-state index in [0.717, 1.165) is 11.1 Å². The second-order valence-corrected chi connectivity index (χ2v) is 5.45. The van der Waals surface area contributed by atoms with Gasteiger partial charge in [0.25, 0.3) is 0 Å². The van der Waals surface area contributed by atoms with Crippen LogP contribution in [0.2, 0.25) is 0 Å². The zero-order chi connectivity index (χ0) is 16.9. The molecular formula is C17H15FN5O-. The Balaban J connectivity index is 1.83. The minimum Gasteiger partial charge on any atom is -0.335 e. The van der Waals surface area contributed by atoms with Crippen molar-refractivity contribution in [3.8, 4) is 0 Å². The van der Waals surface area contributed by atoms with Crippen molar-refractivity contribution >= 4 is 11.6 Å². The van der Waals surface area contributed by atoms with Gasteiger partial charge in [0.1, 0.15) is 5.82 Å². The first-order valence-corrected chi connectivity index (χ1v) is 7.43. The molecule has 1 heterocycles. The highest BCUT2D eigenvalue weighted by Crippen LogP contribution is 2.21. The summed E-state index contributed by atoms with van der Waals surface area (Å²) in [7, 11) is 0. The van der Waals surface area contributed by atoms with E-state index in [-0.39, 0.29) is 11.5 Å². The molecule has 1 N–H and O–H groups in total. The molecular weight excluding hydrogens is 309 g/mol. The lowest BCUT2D eigenvalue weighted by Gasteiger charge is -2.17. The number of hydrogen-bond donors (Lipinski definition) is 1. The van der Waals surface area contributed by atoms with Crippen LogP contribution in [-0.2, 0) is 11.2 Å². The van der Waals surface area contributed by atoms with Crippen molar-refractivity contribution in [2.75, 3.05) is 5.32 Å². The van der Waals surface area contributed by atoms with Gasteiger partial charge in [0, 0.05) is 5.82 Å². The van der Waals surface area contributed by atoms with E-state index in [9.17, 15) is 9.18 Å². The molecule has 0 aliphatic carbocycles. The number of anilines is 1. The molecule has 24 heavy (non-hydrogen) atoms. The van der Waals surface area contributed by atoms with E-state index in [1.807, 2.05) is 31.2 Å². The number of rotatable bonds is 5. The van der Waals surface area contributed by atoms with Crippen LogP contribution in [0.1, 0.15) is 22.9 Å². The van der Waals surface area contributed by atoms with Crippen LogP contribution < -0.4 is 10.4 Å². The number of aromatic nitrogens is 4. The Bertz CT molecular complexity index is 817. The molecule has 0 radical (unpaired) electrons. The summed E-state index contributed by atoms with van der Waals surface area (Å²) in [5.74, 6) is -1.40. The third-order valence-electron chi connectivity index (χ3n) is 3.65. The highest BCUT2D eigenvalue weighted by molar-refractivity contribution is 5.95. The third kappa shape index (κ3) is 3.62. The first kappa shape index (κ1) is 15.8. The Morgan fingerprint density at radius 1 is 1.21 bits per heavy atom. The summed E-state index contributed by atoms with van der Waals surface area (Å²) in [4.78, 5) is 12.6. The molecule has 0 bridgehead atoms. The lowest BCUT2D eigenvalue weighted by molar-refractivity contribution is -0.117. The smallest absolute Gasteiger partial charge is 0.232 e. The van der Waals surface area contributed by atoms with Gasteiger partial charge in [0.2, 0.25) is 5.91 Å². The molecule has 0 spiro atoms. The minimum absolute atomic E-state index is 0.115. The van der Waals surface area contributed by atoms with Crippen LogP contribution in [0.5, 0.6) is 0 Å². The van der Waals surface area contributed by atoms with E-state index in [1.165, 1.54) is 12.1 Å². The highest BCUT2D eigenvalue weighted by atomic mass is 19.1. The maximum Gasteiger partial charge on any atom is 0.232 e. The lowest BCUT2D eigenvalue weighted by Crippen LogP contribution is -2.25. The average molecular weight is 324 g/mol. The van der Waals surface area contributed by atoms with Crippen LogP contribution in [0.15, 0.2) is 48.5 Å². The number of nitrogens with zero attached hydrogens (tertiary/aromatic N) is 4. The number of amides is 1. The maximum absolute atomic E-state index is 13.8. The number of halogens is 1. The summed E-state index contributed by atoms with van der Waals surface area (Å²) in [6, 6.07) is 13.8. The predicted molar refractivity (Wildman–Crippen MR) is 85.8 cm³/mol. The zero-order valence-corrected chi connectivity index (χ0v) is 13.0. The molecule has 1 atom stereocenters. The van der Waals surface area contributed by atoms with Crippen molar-refractivity contribution in [3.05, 3.63) is 71.3 Å². The Morgan fingerprint density at radius 2 is 1.96 bits per heavy atom. The van der Waals surface area contributed by atoms with Gasteiger partial charge in [0.05, 0.1) is 11.6 Å². The molecule has 0 saturated heterocycles. The van der Waals surface area contributed by atoms with Crippen LogP contribution in [0.4, 0.5) is 10.1 Å². The largest absolute Gasteiger partial charge is 0.335 e. The van der Waals surface area contributed by atoms with Gasteiger partial charge in [0.15, 0.2) is 0 Å². The fourth-order valence-corrected chi connectivity index (χ4v) is 2.33. The number of hydrogen-bond acceptors (Lipinski definition) is 4. The van der Waals surface area contributed by atoms with Gasteiger partial charge >= 0.3 is 0 Å². The van der Waals surface area contributed by atoms with Crippen LogP contribution in [0.3, 0.4) is 0 Å². The number of para-hydroxylation sites is 1. The molecule has 2 aromatic carbocycles. The third-order valence-corrected chi connectivity index (χ3v) is 3.65. The van der Waals surface area contributed by atoms with Crippen molar-refractivity contribution in [1.29, 1.82) is 0 Å². The lowest BCUT2D eigenvalue weighted by atomic mass is 9.97. The van der Waals surface area contributed by atoms with Gasteiger partial charge in [-0.1, -0.05) is 42.0 Å². The SMILES string of the molecule is Cc1ccc(C[C@H](C(=O)Nc2ccccc2F)c2nnn[n-]2)cc1. The molecule has 6 nitrogen and oxygen atoms in total. The summed E-state index contributed by atoms with van der Waals surface area (Å²) < 4.78 is 13.8. The standard InChI is InChI=1S/C17H16FN5O/c1-11-6-8-12(9-7-11)10-13(16-20-22-23-21-16)17(24)19-15-5-3-2-4-14(15)18/h2-9,13H,10H2,1H3,(H2,19,20,21,22,23,24)/p-1/t13-/m0/s1. The summed E-state index contributed by atoms with van der Waals surface area (Å²) in [6.07, 6.45) is 0.369. The zero-order valence-electron chi connectivity index (χ0n) is 13.0. The second kappa shape index (κ2) is 6.99. The Hall–Kier alpha value is -3.09. The summed E-state index contributed by atoms with van der Waals surface area (Å²) in [6.45, 7) is 1.99. The van der Waals surface area contributed by atoms with Crippen LogP contribution in [0, 0.1) is 12.7 Å². The normalized spacial score (nSPS) is 11.9. The maximum atomic E-state index is 13.8. The van der Waals surface area contributed by atoms with E-state index < -0.39 is 17.6 Å². The molecule has 0 aliphatic rings. The molecule has 1 amide bonds. The fourth-order valence-electron chi connectivity index (χ4n) is 2.33. The first-order valence-electron chi connectivity index (χ1n) is 7.43. The Morgan fingerprint density at radius 3 is 2.62 bits per heavy atom. The number of tetrazole rings is 1. The summed E-state index contributed by atoms with van der Waals surface area (Å²) in [5.41, 5.74) is 2.18.